The molecule has 0 aliphatic carbocycles. The lowest BCUT2D eigenvalue weighted by Crippen LogP contribution is -1.80. The highest BCUT2D eigenvalue weighted by Crippen LogP contribution is 2.24. The molecule has 84 valence electrons. The van der Waals surface area contributed by atoms with Gasteiger partial charge in [0.1, 0.15) is 0 Å². The number of nitrogens with zero attached hydrogens (tertiary/aromatic N) is 1. The number of aromatic nitrogens is 2. The Morgan fingerprint density at radius 3 is 2.41 bits per heavy atom. The Kier molecular flexibility index (Phi) is 2.22. The Bertz CT molecular complexity index is 680. The van der Waals surface area contributed by atoms with Crippen LogP contribution in [0.2, 0.25) is 0 Å². The van der Waals surface area contributed by atoms with E-state index in [9.17, 15) is 0 Å². The zero-order chi connectivity index (χ0) is 11.8. The molecule has 0 bridgehead atoms. The van der Waals surface area contributed by atoms with Gasteiger partial charge < -0.3 is 0 Å². The van der Waals surface area contributed by atoms with Gasteiger partial charge in [-0.05, 0) is 36.8 Å². The van der Waals surface area contributed by atoms with Crippen LogP contribution >= 0.6 is 0 Å². The molecule has 3 aromatic rings. The number of hydrogen-bond donors (Lipinski definition) is 1. The topological polar surface area (TPSA) is 28.7 Å². The Morgan fingerprint density at radius 2 is 1.65 bits per heavy atom. The first kappa shape index (κ1) is 10.1. The second kappa shape index (κ2) is 3.74. The highest BCUT2D eigenvalue weighted by atomic mass is 15.1. The van der Waals surface area contributed by atoms with E-state index in [-0.39, 0.29) is 0 Å². The first-order valence-corrected chi connectivity index (χ1v) is 5.75. The minimum atomic E-state index is 1.00. The summed E-state index contributed by atoms with van der Waals surface area (Å²) in [7, 11) is 0. The third kappa shape index (κ3) is 1.82. The summed E-state index contributed by atoms with van der Waals surface area (Å²) in [5.74, 6) is 0. The van der Waals surface area contributed by atoms with Crippen molar-refractivity contribution in [2.24, 2.45) is 0 Å². The van der Waals surface area contributed by atoms with Gasteiger partial charge in [-0.1, -0.05) is 35.9 Å². The summed E-state index contributed by atoms with van der Waals surface area (Å²) < 4.78 is 0. The number of benzene rings is 2. The van der Waals surface area contributed by atoms with Gasteiger partial charge >= 0.3 is 0 Å². The summed E-state index contributed by atoms with van der Waals surface area (Å²) in [5.41, 5.74) is 4.54. The molecule has 0 aliphatic rings. The fourth-order valence-electron chi connectivity index (χ4n) is 2.09. The SMILES string of the molecule is Cc1ccc2cc(-c3cc(C)[nH]n3)ccc2c1. The number of aromatic amines is 1. The summed E-state index contributed by atoms with van der Waals surface area (Å²) in [6, 6.07) is 15.0. The lowest BCUT2D eigenvalue weighted by atomic mass is 10.0. The van der Waals surface area contributed by atoms with Gasteiger partial charge in [0.05, 0.1) is 5.69 Å². The standard InChI is InChI=1S/C15H14N2/c1-10-3-4-13-9-14(6-5-12(13)7-10)15-8-11(2)16-17-15/h3-9H,1-2H3,(H,16,17). The van der Waals surface area contributed by atoms with Crippen LogP contribution in [-0.4, -0.2) is 10.2 Å². The molecule has 1 N–H and O–H groups in total. The number of H-pyrrole nitrogens is 1. The van der Waals surface area contributed by atoms with Crippen molar-refractivity contribution in [3.8, 4) is 11.3 Å². The van der Waals surface area contributed by atoms with Gasteiger partial charge in [0.2, 0.25) is 0 Å². The molecule has 1 heterocycles. The maximum absolute atomic E-state index is 4.29. The van der Waals surface area contributed by atoms with E-state index in [1.54, 1.807) is 0 Å². The van der Waals surface area contributed by atoms with Crippen LogP contribution in [0.4, 0.5) is 0 Å². The monoisotopic (exact) mass is 222 g/mol. The molecule has 0 radical (unpaired) electrons. The van der Waals surface area contributed by atoms with Crippen LogP contribution in [0.3, 0.4) is 0 Å². The number of hydrogen-bond acceptors (Lipinski definition) is 1. The van der Waals surface area contributed by atoms with E-state index in [0.717, 1.165) is 17.0 Å². The summed E-state index contributed by atoms with van der Waals surface area (Å²) in [5, 5.41) is 9.80. The largest absolute Gasteiger partial charge is 0.282 e. The second-order valence-electron chi connectivity index (χ2n) is 4.50. The zero-order valence-electron chi connectivity index (χ0n) is 9.99. The Morgan fingerprint density at radius 1 is 0.882 bits per heavy atom. The predicted octanol–water partition coefficient (Wildman–Crippen LogP) is 3.85. The lowest BCUT2D eigenvalue weighted by Gasteiger charge is -2.02. The maximum Gasteiger partial charge on any atom is 0.0923 e. The van der Waals surface area contributed by atoms with Gasteiger partial charge in [-0.15, -0.1) is 0 Å². The van der Waals surface area contributed by atoms with E-state index in [1.807, 2.05) is 6.92 Å². The smallest absolute Gasteiger partial charge is 0.0923 e. The van der Waals surface area contributed by atoms with E-state index in [1.165, 1.54) is 16.3 Å². The molecule has 0 spiro atoms. The third-order valence-corrected chi connectivity index (χ3v) is 3.00. The molecule has 0 atom stereocenters. The molecule has 2 nitrogen and oxygen atoms in total. The van der Waals surface area contributed by atoms with E-state index in [2.05, 4.69) is 59.6 Å². The third-order valence-electron chi connectivity index (χ3n) is 3.00. The van der Waals surface area contributed by atoms with Crippen molar-refractivity contribution in [1.29, 1.82) is 0 Å². The normalized spacial score (nSPS) is 10.9. The van der Waals surface area contributed by atoms with Crippen molar-refractivity contribution in [1.82, 2.24) is 10.2 Å². The van der Waals surface area contributed by atoms with Gasteiger partial charge in [0.25, 0.3) is 0 Å². The Hall–Kier alpha value is -2.09. The molecule has 0 fully saturated rings. The number of rotatable bonds is 1. The zero-order valence-corrected chi connectivity index (χ0v) is 9.99. The minimum absolute atomic E-state index is 1.00. The fraction of sp³-hybridized carbons (Fsp3) is 0.133. The predicted molar refractivity (Wildman–Crippen MR) is 71.0 cm³/mol. The van der Waals surface area contributed by atoms with Crippen molar-refractivity contribution < 1.29 is 0 Å². The molecular weight excluding hydrogens is 208 g/mol. The molecule has 17 heavy (non-hydrogen) atoms. The summed E-state index contributed by atoms with van der Waals surface area (Å²) in [6.45, 7) is 4.13. The molecule has 0 saturated carbocycles. The van der Waals surface area contributed by atoms with Crippen LogP contribution in [0.25, 0.3) is 22.0 Å². The summed E-state index contributed by atoms with van der Waals surface area (Å²) in [6.07, 6.45) is 0. The van der Waals surface area contributed by atoms with E-state index < -0.39 is 0 Å². The van der Waals surface area contributed by atoms with Crippen LogP contribution in [-0.2, 0) is 0 Å². The fourth-order valence-corrected chi connectivity index (χ4v) is 2.09. The summed E-state index contributed by atoms with van der Waals surface area (Å²) >= 11 is 0. The Labute approximate surface area is 100 Å². The minimum Gasteiger partial charge on any atom is -0.282 e. The van der Waals surface area contributed by atoms with Crippen molar-refractivity contribution in [3.05, 3.63) is 53.7 Å². The van der Waals surface area contributed by atoms with Crippen LogP contribution < -0.4 is 0 Å². The lowest BCUT2D eigenvalue weighted by molar-refractivity contribution is 1.05. The van der Waals surface area contributed by atoms with Crippen molar-refractivity contribution in [2.45, 2.75) is 13.8 Å². The van der Waals surface area contributed by atoms with Gasteiger partial charge in [0.15, 0.2) is 0 Å². The van der Waals surface area contributed by atoms with Gasteiger partial charge in [-0.25, -0.2) is 0 Å². The van der Waals surface area contributed by atoms with Crippen molar-refractivity contribution in [3.63, 3.8) is 0 Å². The van der Waals surface area contributed by atoms with E-state index >= 15 is 0 Å². The first-order chi connectivity index (χ1) is 8.22. The van der Waals surface area contributed by atoms with Gasteiger partial charge in [0, 0.05) is 11.3 Å². The first-order valence-electron chi connectivity index (χ1n) is 5.75. The molecular formula is C15H14N2. The molecule has 2 heteroatoms. The average molecular weight is 222 g/mol. The summed E-state index contributed by atoms with van der Waals surface area (Å²) in [4.78, 5) is 0. The molecule has 0 saturated heterocycles. The highest BCUT2D eigenvalue weighted by molar-refractivity contribution is 5.87. The van der Waals surface area contributed by atoms with Crippen molar-refractivity contribution >= 4 is 10.8 Å². The molecule has 0 unspecified atom stereocenters. The van der Waals surface area contributed by atoms with Crippen molar-refractivity contribution in [2.75, 3.05) is 0 Å². The highest BCUT2D eigenvalue weighted by Gasteiger charge is 2.02. The van der Waals surface area contributed by atoms with Gasteiger partial charge in [-0.3, -0.25) is 5.10 Å². The van der Waals surface area contributed by atoms with Crippen LogP contribution in [0, 0.1) is 13.8 Å². The molecule has 1 aromatic heterocycles. The van der Waals surface area contributed by atoms with Crippen LogP contribution in [0.15, 0.2) is 42.5 Å². The van der Waals surface area contributed by atoms with Gasteiger partial charge in [-0.2, -0.15) is 5.10 Å². The quantitative estimate of drug-likeness (QED) is 0.665. The maximum atomic E-state index is 4.29. The number of nitrogens with one attached hydrogen (secondary N) is 1. The molecule has 2 aromatic carbocycles. The van der Waals surface area contributed by atoms with E-state index in [4.69, 9.17) is 0 Å². The van der Waals surface area contributed by atoms with Crippen LogP contribution in [0.5, 0.6) is 0 Å². The number of fused-ring (bicyclic) bond motifs is 1. The molecule has 0 amide bonds. The average Bonchev–Trinajstić information content (AvgIpc) is 2.75. The second-order valence-corrected chi connectivity index (χ2v) is 4.50. The van der Waals surface area contributed by atoms with Crippen LogP contribution in [0.1, 0.15) is 11.3 Å². The Balaban J connectivity index is 2.16. The molecule has 3 rings (SSSR count). The molecule has 0 aliphatic heterocycles. The number of aryl methyl sites for hydroxylation is 2. The van der Waals surface area contributed by atoms with E-state index in [0.29, 0.717) is 0 Å².